The minimum Gasteiger partial charge on any atom is -0.768 e. The van der Waals surface area contributed by atoms with Crippen LogP contribution in [0.1, 0.15) is 0 Å². The van der Waals surface area contributed by atoms with Gasteiger partial charge in [-0.1, -0.05) is 0 Å². The third-order valence-electron chi connectivity index (χ3n) is 1.89. The average molecular weight is 234 g/mol. The minimum atomic E-state index is -2.20. The van der Waals surface area contributed by atoms with Gasteiger partial charge in [0.15, 0.2) is 0 Å². The van der Waals surface area contributed by atoms with E-state index in [9.17, 15) is 8.76 Å². The number of aromatic nitrogens is 1. The molecule has 1 aromatic carbocycles. The zero-order valence-corrected chi connectivity index (χ0v) is 9.02. The first-order chi connectivity index (χ1) is 7.75. The summed E-state index contributed by atoms with van der Waals surface area (Å²) in [4.78, 5) is 4.14. The number of hydrogen-bond donors (Lipinski definition) is 0. The Balaban J connectivity index is 2.14. The third-order valence-corrected chi connectivity index (χ3v) is 2.54. The van der Waals surface area contributed by atoms with Crippen LogP contribution in [0.2, 0.25) is 0 Å². The fourth-order valence-corrected chi connectivity index (χ4v) is 1.52. The van der Waals surface area contributed by atoms with E-state index in [1.165, 1.54) is 12.1 Å². The first kappa shape index (κ1) is 10.8. The predicted molar refractivity (Wildman–Crippen MR) is 57.9 cm³/mol. The molecule has 16 heavy (non-hydrogen) atoms. The van der Waals surface area contributed by atoms with E-state index < -0.39 is 11.1 Å². The summed E-state index contributed by atoms with van der Waals surface area (Å²) in [6.07, 6.45) is 3.23. The van der Waals surface area contributed by atoms with Crippen molar-refractivity contribution in [3.05, 3.63) is 48.8 Å². The molecule has 0 amide bonds. The van der Waals surface area contributed by atoms with Crippen LogP contribution in [0, 0.1) is 0 Å². The highest BCUT2D eigenvalue weighted by molar-refractivity contribution is 7.79. The van der Waals surface area contributed by atoms with Gasteiger partial charge in [0.05, 0.1) is 6.20 Å². The molecule has 0 bridgehead atoms. The first-order valence-corrected chi connectivity index (χ1v) is 5.60. The van der Waals surface area contributed by atoms with E-state index in [0.717, 1.165) is 0 Å². The summed E-state index contributed by atoms with van der Waals surface area (Å²) >= 11 is -2.20. The Labute approximate surface area is 95.2 Å². The summed E-state index contributed by atoms with van der Waals surface area (Å²) < 4.78 is 26.7. The van der Waals surface area contributed by atoms with Gasteiger partial charge in [0, 0.05) is 11.1 Å². The van der Waals surface area contributed by atoms with Gasteiger partial charge in [0.25, 0.3) is 0 Å². The smallest absolute Gasteiger partial charge is 0.145 e. The highest BCUT2D eigenvalue weighted by Crippen LogP contribution is 2.20. The predicted octanol–water partition coefficient (Wildman–Crippen LogP) is 2.11. The number of ether oxygens (including phenoxy) is 1. The van der Waals surface area contributed by atoms with Crippen molar-refractivity contribution >= 4 is 11.1 Å². The highest BCUT2D eigenvalue weighted by atomic mass is 32.2. The van der Waals surface area contributed by atoms with Crippen LogP contribution in [0.3, 0.4) is 0 Å². The van der Waals surface area contributed by atoms with Crippen molar-refractivity contribution in [1.82, 2.24) is 4.98 Å². The third kappa shape index (κ3) is 2.65. The highest BCUT2D eigenvalue weighted by Gasteiger charge is 1.97. The lowest BCUT2D eigenvalue weighted by molar-refractivity contribution is 0.479. The summed E-state index contributed by atoms with van der Waals surface area (Å²) in [5.41, 5.74) is 0. The second-order valence-corrected chi connectivity index (χ2v) is 3.94. The Morgan fingerprint density at radius 2 is 1.88 bits per heavy atom. The summed E-state index contributed by atoms with van der Waals surface area (Å²) in [5.74, 6) is 1.18. The fourth-order valence-electron chi connectivity index (χ4n) is 1.16. The standard InChI is InChI=1S/C11H9NO3S/c13-16(14)11-5-3-9(4-6-11)15-10-2-1-7-12-8-10/h1-8H,(H,13,14)/p-1. The number of nitrogens with zero attached hydrogens (tertiary/aromatic N) is 1. The fraction of sp³-hybridized carbons (Fsp3) is 0. The number of rotatable bonds is 3. The largest absolute Gasteiger partial charge is 0.768 e. The molecule has 1 heterocycles. The molecule has 2 rings (SSSR count). The van der Waals surface area contributed by atoms with E-state index in [4.69, 9.17) is 4.74 Å². The van der Waals surface area contributed by atoms with Gasteiger partial charge >= 0.3 is 0 Å². The molecule has 1 atom stereocenters. The molecule has 0 aliphatic carbocycles. The topological polar surface area (TPSA) is 62.2 Å². The molecule has 2 aromatic rings. The molecule has 5 heteroatoms. The molecule has 82 valence electrons. The van der Waals surface area contributed by atoms with Crippen LogP contribution < -0.4 is 4.74 Å². The van der Waals surface area contributed by atoms with Gasteiger partial charge in [-0.05, 0) is 47.5 Å². The molecule has 0 aliphatic rings. The number of pyridine rings is 1. The van der Waals surface area contributed by atoms with Crippen LogP contribution >= 0.6 is 0 Å². The van der Waals surface area contributed by atoms with Crippen molar-refractivity contribution in [2.75, 3.05) is 0 Å². The van der Waals surface area contributed by atoms with Gasteiger partial charge in [-0.2, -0.15) is 0 Å². The van der Waals surface area contributed by atoms with Crippen molar-refractivity contribution in [2.24, 2.45) is 0 Å². The van der Waals surface area contributed by atoms with Crippen LogP contribution in [-0.4, -0.2) is 13.7 Å². The molecule has 0 aliphatic heterocycles. The average Bonchev–Trinajstić information content (AvgIpc) is 2.31. The van der Waals surface area contributed by atoms with Crippen LogP contribution in [-0.2, 0) is 11.1 Å². The maximum Gasteiger partial charge on any atom is 0.145 e. The SMILES string of the molecule is O=S([O-])c1ccc(Oc2cccnc2)cc1. The van der Waals surface area contributed by atoms with Crippen molar-refractivity contribution in [3.8, 4) is 11.5 Å². The quantitative estimate of drug-likeness (QED) is 0.763. The molecular weight excluding hydrogens is 226 g/mol. The second-order valence-electron chi connectivity index (χ2n) is 3.00. The van der Waals surface area contributed by atoms with Crippen molar-refractivity contribution < 1.29 is 13.5 Å². The van der Waals surface area contributed by atoms with E-state index in [1.54, 1.807) is 36.7 Å². The maximum atomic E-state index is 10.6. The molecule has 0 spiro atoms. The lowest BCUT2D eigenvalue weighted by Gasteiger charge is -2.07. The minimum absolute atomic E-state index is 0.235. The Morgan fingerprint density at radius 3 is 2.44 bits per heavy atom. The van der Waals surface area contributed by atoms with E-state index in [0.29, 0.717) is 11.5 Å². The lowest BCUT2D eigenvalue weighted by Crippen LogP contribution is -1.89. The van der Waals surface area contributed by atoms with Gasteiger partial charge in [0.2, 0.25) is 0 Å². The molecule has 1 aromatic heterocycles. The Kier molecular flexibility index (Phi) is 3.28. The van der Waals surface area contributed by atoms with Crippen LogP contribution in [0.15, 0.2) is 53.7 Å². The molecule has 0 radical (unpaired) electrons. The molecule has 1 unspecified atom stereocenters. The summed E-state index contributed by atoms with van der Waals surface area (Å²) in [6, 6.07) is 9.68. The zero-order valence-electron chi connectivity index (χ0n) is 8.20. The van der Waals surface area contributed by atoms with E-state index >= 15 is 0 Å². The molecule has 0 N–H and O–H groups in total. The molecule has 0 saturated heterocycles. The Hall–Kier alpha value is -1.72. The Morgan fingerprint density at radius 1 is 1.12 bits per heavy atom. The summed E-state index contributed by atoms with van der Waals surface area (Å²) in [7, 11) is 0. The van der Waals surface area contributed by atoms with Gasteiger partial charge < -0.3 is 9.29 Å². The molecule has 0 saturated carbocycles. The van der Waals surface area contributed by atoms with Crippen molar-refractivity contribution in [3.63, 3.8) is 0 Å². The van der Waals surface area contributed by atoms with Crippen molar-refractivity contribution in [2.45, 2.75) is 4.90 Å². The maximum absolute atomic E-state index is 10.6. The van der Waals surface area contributed by atoms with Gasteiger partial charge in [-0.15, -0.1) is 0 Å². The van der Waals surface area contributed by atoms with E-state index in [2.05, 4.69) is 4.98 Å². The zero-order chi connectivity index (χ0) is 11.4. The number of benzene rings is 1. The van der Waals surface area contributed by atoms with Gasteiger partial charge in [-0.25, -0.2) is 0 Å². The van der Waals surface area contributed by atoms with Crippen LogP contribution in [0.5, 0.6) is 11.5 Å². The van der Waals surface area contributed by atoms with E-state index in [-0.39, 0.29) is 4.90 Å². The molecule has 4 nitrogen and oxygen atoms in total. The van der Waals surface area contributed by atoms with Crippen LogP contribution in [0.4, 0.5) is 0 Å². The molecular formula is C11H8NO3S-. The number of hydrogen-bond acceptors (Lipinski definition) is 4. The summed E-state index contributed by atoms with van der Waals surface area (Å²) in [5, 5.41) is 0. The van der Waals surface area contributed by atoms with Crippen molar-refractivity contribution in [1.29, 1.82) is 0 Å². The Bertz CT molecular complexity index is 484. The first-order valence-electron chi connectivity index (χ1n) is 4.53. The molecule has 0 fully saturated rings. The monoisotopic (exact) mass is 234 g/mol. The second kappa shape index (κ2) is 4.87. The lowest BCUT2D eigenvalue weighted by atomic mass is 10.3. The summed E-state index contributed by atoms with van der Waals surface area (Å²) in [6.45, 7) is 0. The van der Waals surface area contributed by atoms with Gasteiger partial charge in [-0.3, -0.25) is 9.19 Å². The normalized spacial score (nSPS) is 12.1. The van der Waals surface area contributed by atoms with Crippen LogP contribution in [0.25, 0.3) is 0 Å². The van der Waals surface area contributed by atoms with E-state index in [1.807, 2.05) is 0 Å². The van der Waals surface area contributed by atoms with Gasteiger partial charge in [0.1, 0.15) is 11.5 Å².